The average molecular weight is 208 g/mol. The van der Waals surface area contributed by atoms with Crippen LogP contribution in [-0.4, -0.2) is 18.5 Å². The van der Waals surface area contributed by atoms with Crippen molar-refractivity contribution in [1.82, 2.24) is 0 Å². The van der Waals surface area contributed by atoms with Crippen LogP contribution in [0, 0.1) is 0 Å². The molecule has 0 saturated carbocycles. The van der Waals surface area contributed by atoms with Gasteiger partial charge in [-0.3, -0.25) is 5.21 Å². The van der Waals surface area contributed by atoms with Gasteiger partial charge in [0.1, 0.15) is 0 Å². The minimum Gasteiger partial charge on any atom is -0.367 e. The molecule has 0 saturated heterocycles. The molecule has 0 radical (unpaired) electrons. The van der Waals surface area contributed by atoms with Gasteiger partial charge in [-0.15, -0.1) is 0 Å². The van der Waals surface area contributed by atoms with Crippen LogP contribution in [0.15, 0.2) is 24.5 Å². The molecule has 1 aromatic heterocycles. The molecule has 0 aliphatic heterocycles. The lowest BCUT2D eigenvalue weighted by Crippen LogP contribution is -2.31. The van der Waals surface area contributed by atoms with Crippen molar-refractivity contribution >= 4 is 0 Å². The SMILES string of the molecule is COC(c1ccc[n+](O)c1)C(F)(F)F. The molecule has 78 valence electrons. The van der Waals surface area contributed by atoms with Crippen LogP contribution in [0.2, 0.25) is 0 Å². The van der Waals surface area contributed by atoms with Gasteiger partial charge in [-0.1, -0.05) is 0 Å². The molecule has 0 aliphatic rings. The molecule has 1 unspecified atom stereocenters. The van der Waals surface area contributed by atoms with E-state index in [0.29, 0.717) is 4.73 Å². The molecule has 0 amide bonds. The minimum atomic E-state index is -4.48. The van der Waals surface area contributed by atoms with Crippen LogP contribution in [0.25, 0.3) is 0 Å². The van der Waals surface area contributed by atoms with Crippen molar-refractivity contribution < 1.29 is 27.8 Å². The predicted octanol–water partition coefficient (Wildman–Crippen LogP) is 1.46. The molecule has 3 nitrogen and oxygen atoms in total. The standard InChI is InChI=1S/C8H9F3NO2/c1-14-7(8(9,10)11)6-3-2-4-12(13)5-6/h2-5,7,13H,1H3/q+1. The van der Waals surface area contributed by atoms with Gasteiger partial charge in [-0.25, -0.2) is 0 Å². The van der Waals surface area contributed by atoms with Crippen LogP contribution in [0.3, 0.4) is 0 Å². The maximum Gasteiger partial charge on any atom is 0.419 e. The Morgan fingerprint density at radius 1 is 1.50 bits per heavy atom. The second-order valence-corrected chi connectivity index (χ2v) is 2.67. The zero-order chi connectivity index (χ0) is 10.8. The Bertz CT molecular complexity index is 314. The van der Waals surface area contributed by atoms with Gasteiger partial charge in [-0.2, -0.15) is 13.2 Å². The van der Waals surface area contributed by atoms with E-state index in [-0.39, 0.29) is 5.56 Å². The number of rotatable bonds is 2. The first-order valence-corrected chi connectivity index (χ1v) is 3.75. The Labute approximate surface area is 78.3 Å². The van der Waals surface area contributed by atoms with Crippen LogP contribution in [0.1, 0.15) is 11.7 Å². The highest BCUT2D eigenvalue weighted by atomic mass is 19.4. The zero-order valence-electron chi connectivity index (χ0n) is 7.32. The molecular weight excluding hydrogens is 199 g/mol. The second-order valence-electron chi connectivity index (χ2n) is 2.67. The summed E-state index contributed by atoms with van der Waals surface area (Å²) in [5, 5.41) is 8.92. The topological polar surface area (TPSA) is 33.3 Å². The largest absolute Gasteiger partial charge is 0.419 e. The van der Waals surface area contributed by atoms with E-state index in [4.69, 9.17) is 5.21 Å². The number of pyridine rings is 1. The van der Waals surface area contributed by atoms with Gasteiger partial charge < -0.3 is 4.74 Å². The highest BCUT2D eigenvalue weighted by molar-refractivity contribution is 5.11. The molecule has 1 N–H and O–H groups in total. The maximum absolute atomic E-state index is 12.3. The molecule has 0 fully saturated rings. The summed E-state index contributed by atoms with van der Waals surface area (Å²) in [5.74, 6) is 0. The first kappa shape index (κ1) is 10.8. The summed E-state index contributed by atoms with van der Waals surface area (Å²) < 4.78 is 41.8. The number of aromatic nitrogens is 1. The summed E-state index contributed by atoms with van der Waals surface area (Å²) in [6.45, 7) is 0. The highest BCUT2D eigenvalue weighted by Gasteiger charge is 2.42. The number of hydrogen-bond acceptors (Lipinski definition) is 2. The summed E-state index contributed by atoms with van der Waals surface area (Å²) in [6, 6.07) is 2.53. The lowest BCUT2D eigenvalue weighted by atomic mass is 10.1. The van der Waals surface area contributed by atoms with Crippen molar-refractivity contribution in [1.29, 1.82) is 0 Å². The van der Waals surface area contributed by atoms with Crippen molar-refractivity contribution in [2.45, 2.75) is 12.3 Å². The molecule has 0 aliphatic carbocycles. The molecule has 0 aromatic carbocycles. The minimum absolute atomic E-state index is 0.148. The fourth-order valence-electron chi connectivity index (χ4n) is 1.09. The summed E-state index contributed by atoms with van der Waals surface area (Å²) in [5.41, 5.74) is -0.148. The Morgan fingerprint density at radius 2 is 2.14 bits per heavy atom. The van der Waals surface area contributed by atoms with Gasteiger partial charge in [0, 0.05) is 17.9 Å². The summed E-state index contributed by atoms with van der Waals surface area (Å²) in [6.07, 6.45) is -4.33. The number of methoxy groups -OCH3 is 1. The lowest BCUT2D eigenvalue weighted by molar-refractivity contribution is -0.905. The van der Waals surface area contributed by atoms with Crippen molar-refractivity contribution in [3.05, 3.63) is 30.1 Å². The number of hydrogen-bond donors (Lipinski definition) is 1. The van der Waals surface area contributed by atoms with E-state index in [1.807, 2.05) is 0 Å². The molecule has 1 heterocycles. The van der Waals surface area contributed by atoms with E-state index in [1.54, 1.807) is 0 Å². The molecule has 0 bridgehead atoms. The summed E-state index contributed by atoms with van der Waals surface area (Å²) in [7, 11) is 0.965. The van der Waals surface area contributed by atoms with Crippen LogP contribution in [0.4, 0.5) is 13.2 Å². The monoisotopic (exact) mass is 208 g/mol. The smallest absolute Gasteiger partial charge is 0.367 e. The molecular formula is C8H9F3NO2+. The zero-order valence-corrected chi connectivity index (χ0v) is 7.32. The van der Waals surface area contributed by atoms with Gasteiger partial charge in [-0.05, 0) is 6.07 Å². The Hall–Kier alpha value is -1.30. The van der Waals surface area contributed by atoms with Gasteiger partial charge >= 0.3 is 6.18 Å². The fourth-order valence-corrected chi connectivity index (χ4v) is 1.09. The number of alkyl halides is 3. The van der Waals surface area contributed by atoms with Crippen LogP contribution >= 0.6 is 0 Å². The van der Waals surface area contributed by atoms with Gasteiger partial charge in [0.2, 0.25) is 12.4 Å². The third-order valence-corrected chi connectivity index (χ3v) is 1.64. The maximum atomic E-state index is 12.3. The van der Waals surface area contributed by atoms with Crippen LogP contribution in [-0.2, 0) is 4.74 Å². The molecule has 1 atom stereocenters. The van der Waals surface area contributed by atoms with Crippen molar-refractivity contribution in [3.8, 4) is 0 Å². The molecule has 14 heavy (non-hydrogen) atoms. The molecule has 0 spiro atoms. The highest BCUT2D eigenvalue weighted by Crippen LogP contribution is 2.34. The molecule has 6 heteroatoms. The number of halogens is 3. The van der Waals surface area contributed by atoms with Gasteiger partial charge in [0.05, 0.1) is 5.56 Å². The van der Waals surface area contributed by atoms with E-state index >= 15 is 0 Å². The predicted molar refractivity (Wildman–Crippen MR) is 39.6 cm³/mol. The number of ether oxygens (including phenoxy) is 1. The Morgan fingerprint density at radius 3 is 2.57 bits per heavy atom. The first-order valence-electron chi connectivity index (χ1n) is 3.75. The Kier molecular flexibility index (Phi) is 2.95. The first-order chi connectivity index (χ1) is 6.45. The van der Waals surface area contributed by atoms with E-state index in [1.165, 1.54) is 18.3 Å². The number of nitrogens with zero attached hydrogens (tertiary/aromatic N) is 1. The van der Waals surface area contributed by atoms with E-state index in [0.717, 1.165) is 13.3 Å². The van der Waals surface area contributed by atoms with E-state index < -0.39 is 12.3 Å². The van der Waals surface area contributed by atoms with E-state index in [9.17, 15) is 13.2 Å². The molecule has 1 aromatic rings. The fraction of sp³-hybridized carbons (Fsp3) is 0.375. The quantitative estimate of drug-likeness (QED) is 0.589. The van der Waals surface area contributed by atoms with E-state index in [2.05, 4.69) is 4.74 Å². The normalized spacial score (nSPS) is 14.0. The summed E-state index contributed by atoms with van der Waals surface area (Å²) in [4.78, 5) is 0. The molecule has 1 rings (SSSR count). The van der Waals surface area contributed by atoms with Crippen LogP contribution < -0.4 is 4.73 Å². The van der Waals surface area contributed by atoms with Crippen LogP contribution in [0.5, 0.6) is 0 Å². The van der Waals surface area contributed by atoms with Crippen molar-refractivity contribution in [2.75, 3.05) is 7.11 Å². The van der Waals surface area contributed by atoms with Crippen molar-refractivity contribution in [3.63, 3.8) is 0 Å². The Balaban J connectivity index is 3.01. The van der Waals surface area contributed by atoms with Crippen molar-refractivity contribution in [2.24, 2.45) is 0 Å². The lowest BCUT2D eigenvalue weighted by Gasteiger charge is -2.16. The average Bonchev–Trinajstić information content (AvgIpc) is 2.02. The summed E-state index contributed by atoms with van der Waals surface area (Å²) >= 11 is 0. The third-order valence-electron chi connectivity index (χ3n) is 1.64. The van der Waals surface area contributed by atoms with Gasteiger partial charge in [0.25, 0.3) is 0 Å². The van der Waals surface area contributed by atoms with Gasteiger partial charge in [0.15, 0.2) is 6.10 Å². The second kappa shape index (κ2) is 3.83. The third kappa shape index (κ3) is 2.35.